The summed E-state index contributed by atoms with van der Waals surface area (Å²) in [6, 6.07) is -0.0705. The van der Waals surface area contributed by atoms with E-state index < -0.39 is 12.1 Å². The Balaban J connectivity index is 1.97. The monoisotopic (exact) mass is 291 g/mol. The molecule has 2 aliphatic carbocycles. The molecule has 20 heavy (non-hydrogen) atoms. The second kappa shape index (κ2) is 7.15. The van der Waals surface area contributed by atoms with E-state index in [0.29, 0.717) is 18.8 Å². The molecule has 0 aliphatic heterocycles. The van der Waals surface area contributed by atoms with Crippen LogP contribution in [0.25, 0.3) is 0 Å². The van der Waals surface area contributed by atoms with Crippen molar-refractivity contribution in [3.8, 4) is 0 Å². The van der Waals surface area contributed by atoms with E-state index in [2.05, 4.69) is 12.2 Å². The van der Waals surface area contributed by atoms with Crippen molar-refractivity contribution in [2.24, 2.45) is 11.8 Å². The molecule has 0 saturated heterocycles. The van der Waals surface area contributed by atoms with Crippen LogP contribution in [0.15, 0.2) is 0 Å². The van der Waals surface area contributed by atoms with Crippen molar-refractivity contribution in [2.45, 2.75) is 89.4 Å². The second-order valence-corrected chi connectivity index (χ2v) is 6.62. The Morgan fingerprint density at radius 1 is 0.950 bits per heavy atom. The van der Waals surface area contributed by atoms with Gasteiger partial charge in [0, 0.05) is 12.1 Å². The van der Waals surface area contributed by atoms with Crippen LogP contribution < -0.4 is 5.32 Å². The lowest BCUT2D eigenvalue weighted by Gasteiger charge is -2.39. The third-order valence-electron chi connectivity index (χ3n) is 5.27. The molecule has 2 saturated carbocycles. The Hall–Kier alpha value is -0.250. The number of nitrogens with one attached hydrogen (secondary N) is 1. The lowest BCUT2D eigenvalue weighted by atomic mass is 9.79. The molecular formula is C16H28F3N. The fourth-order valence-electron chi connectivity index (χ4n) is 4.12. The van der Waals surface area contributed by atoms with Gasteiger partial charge in [-0.25, -0.2) is 0 Å². The van der Waals surface area contributed by atoms with E-state index in [0.717, 1.165) is 19.3 Å². The largest absolute Gasteiger partial charge is 0.393 e. The number of hydrogen-bond acceptors (Lipinski definition) is 1. The van der Waals surface area contributed by atoms with Crippen LogP contribution in [0.4, 0.5) is 13.2 Å². The molecule has 0 radical (unpaired) electrons. The minimum Gasteiger partial charge on any atom is -0.310 e. The van der Waals surface area contributed by atoms with Gasteiger partial charge in [-0.3, -0.25) is 0 Å². The highest BCUT2D eigenvalue weighted by Crippen LogP contribution is 2.39. The second-order valence-electron chi connectivity index (χ2n) is 6.62. The van der Waals surface area contributed by atoms with E-state index in [1.165, 1.54) is 32.1 Å². The predicted molar refractivity (Wildman–Crippen MR) is 75.6 cm³/mol. The van der Waals surface area contributed by atoms with Crippen LogP contribution in [0, 0.1) is 11.8 Å². The minimum absolute atomic E-state index is 0.281. The fraction of sp³-hybridized carbons (Fsp3) is 1.00. The molecule has 2 aliphatic rings. The van der Waals surface area contributed by atoms with E-state index in [-0.39, 0.29) is 12.1 Å². The fourth-order valence-corrected chi connectivity index (χ4v) is 4.12. The molecule has 3 atom stereocenters. The Bertz CT molecular complexity index is 284. The Morgan fingerprint density at radius 3 is 2.15 bits per heavy atom. The topological polar surface area (TPSA) is 12.0 Å². The summed E-state index contributed by atoms with van der Waals surface area (Å²) >= 11 is 0. The maximum Gasteiger partial charge on any atom is 0.393 e. The molecule has 4 heteroatoms. The lowest BCUT2D eigenvalue weighted by molar-refractivity contribution is -0.189. The van der Waals surface area contributed by atoms with Crippen molar-refractivity contribution >= 4 is 0 Å². The molecule has 0 heterocycles. The van der Waals surface area contributed by atoms with E-state index in [1.807, 2.05) is 0 Å². The number of alkyl halides is 3. The van der Waals surface area contributed by atoms with Crippen LogP contribution in [-0.2, 0) is 0 Å². The van der Waals surface area contributed by atoms with Crippen LogP contribution in [0.1, 0.15) is 71.1 Å². The molecule has 2 rings (SSSR count). The summed E-state index contributed by atoms with van der Waals surface area (Å²) in [4.78, 5) is 0. The molecule has 0 bridgehead atoms. The van der Waals surface area contributed by atoms with Gasteiger partial charge in [0.05, 0.1) is 5.92 Å². The number of hydrogen-bond donors (Lipinski definition) is 1. The van der Waals surface area contributed by atoms with Crippen molar-refractivity contribution < 1.29 is 13.2 Å². The van der Waals surface area contributed by atoms with Gasteiger partial charge in [0.1, 0.15) is 0 Å². The van der Waals surface area contributed by atoms with Crippen LogP contribution in [0.3, 0.4) is 0 Å². The van der Waals surface area contributed by atoms with Crippen molar-refractivity contribution in [3.63, 3.8) is 0 Å². The first-order valence-corrected chi connectivity index (χ1v) is 8.35. The molecule has 3 unspecified atom stereocenters. The van der Waals surface area contributed by atoms with Crippen molar-refractivity contribution in [1.29, 1.82) is 0 Å². The highest BCUT2D eigenvalue weighted by Gasteiger charge is 2.46. The standard InChI is InChI=1S/C16H28F3N/c1-2-14(12-8-4-3-5-9-12)20-15-11-7-6-10-13(15)16(17,18)19/h12-15,20H,2-11H2,1H3. The predicted octanol–water partition coefficient (Wildman–Crippen LogP) is 5.06. The summed E-state index contributed by atoms with van der Waals surface area (Å²) in [6.07, 6.45) is 5.73. The number of halogens is 3. The summed E-state index contributed by atoms with van der Waals surface area (Å²) in [5.41, 5.74) is 0. The zero-order chi connectivity index (χ0) is 14.6. The molecule has 1 nitrogen and oxygen atoms in total. The van der Waals surface area contributed by atoms with Crippen molar-refractivity contribution in [1.82, 2.24) is 5.32 Å². The van der Waals surface area contributed by atoms with Gasteiger partial charge in [0.25, 0.3) is 0 Å². The average molecular weight is 291 g/mol. The minimum atomic E-state index is -4.04. The van der Waals surface area contributed by atoms with E-state index in [4.69, 9.17) is 0 Å². The van der Waals surface area contributed by atoms with Gasteiger partial charge in [0.2, 0.25) is 0 Å². The third-order valence-corrected chi connectivity index (χ3v) is 5.27. The van der Waals surface area contributed by atoms with Crippen LogP contribution in [0.2, 0.25) is 0 Å². The first kappa shape index (κ1) is 16.1. The maximum atomic E-state index is 13.1. The average Bonchev–Trinajstić information content (AvgIpc) is 2.45. The summed E-state index contributed by atoms with van der Waals surface area (Å²) < 4.78 is 39.4. The van der Waals surface area contributed by atoms with Gasteiger partial charge >= 0.3 is 6.18 Å². The number of rotatable bonds is 4. The first-order valence-electron chi connectivity index (χ1n) is 8.35. The van der Waals surface area contributed by atoms with Gasteiger partial charge in [0.15, 0.2) is 0 Å². The maximum absolute atomic E-state index is 13.1. The molecule has 1 N–H and O–H groups in total. The van der Waals surface area contributed by atoms with E-state index in [1.54, 1.807) is 0 Å². The van der Waals surface area contributed by atoms with Gasteiger partial charge in [-0.1, -0.05) is 39.0 Å². The molecule has 0 aromatic heterocycles. The van der Waals surface area contributed by atoms with E-state index in [9.17, 15) is 13.2 Å². The van der Waals surface area contributed by atoms with E-state index >= 15 is 0 Å². The van der Waals surface area contributed by atoms with Gasteiger partial charge in [-0.2, -0.15) is 13.2 Å². The summed E-state index contributed by atoms with van der Waals surface area (Å²) in [5, 5.41) is 3.41. The van der Waals surface area contributed by atoms with Gasteiger partial charge in [-0.05, 0) is 38.0 Å². The summed E-state index contributed by atoms with van der Waals surface area (Å²) in [6.45, 7) is 2.11. The van der Waals surface area contributed by atoms with Gasteiger partial charge < -0.3 is 5.32 Å². The molecular weight excluding hydrogens is 263 g/mol. The lowest BCUT2D eigenvalue weighted by Crippen LogP contribution is -2.51. The summed E-state index contributed by atoms with van der Waals surface area (Å²) in [7, 11) is 0. The first-order chi connectivity index (χ1) is 9.52. The van der Waals surface area contributed by atoms with Crippen molar-refractivity contribution in [3.05, 3.63) is 0 Å². The molecule has 0 aromatic carbocycles. The quantitative estimate of drug-likeness (QED) is 0.763. The molecule has 0 spiro atoms. The Labute approximate surface area is 120 Å². The highest BCUT2D eigenvalue weighted by molar-refractivity contribution is 4.89. The highest BCUT2D eigenvalue weighted by atomic mass is 19.4. The SMILES string of the molecule is CCC(NC1CCCCC1C(F)(F)F)C1CCCCC1. The molecule has 0 amide bonds. The normalized spacial score (nSPS) is 31.2. The zero-order valence-corrected chi connectivity index (χ0v) is 12.5. The van der Waals surface area contributed by atoms with Gasteiger partial charge in [-0.15, -0.1) is 0 Å². The summed E-state index contributed by atoms with van der Waals surface area (Å²) in [5.74, 6) is -0.543. The molecule has 0 aromatic rings. The molecule has 118 valence electrons. The zero-order valence-electron chi connectivity index (χ0n) is 12.5. The smallest absolute Gasteiger partial charge is 0.310 e. The van der Waals surface area contributed by atoms with Crippen molar-refractivity contribution in [2.75, 3.05) is 0 Å². The Kier molecular flexibility index (Phi) is 5.76. The third kappa shape index (κ3) is 4.12. The Morgan fingerprint density at radius 2 is 1.55 bits per heavy atom. The van der Waals surface area contributed by atoms with Crippen LogP contribution in [-0.4, -0.2) is 18.3 Å². The van der Waals surface area contributed by atoms with Crippen LogP contribution in [0.5, 0.6) is 0 Å². The molecule has 2 fully saturated rings. The van der Waals surface area contributed by atoms with Crippen LogP contribution >= 0.6 is 0 Å².